The fraction of sp³-hybridized carbons (Fsp3) is 0.500. The van der Waals surface area contributed by atoms with Gasteiger partial charge in [-0.3, -0.25) is 0 Å². The van der Waals surface area contributed by atoms with Crippen LogP contribution in [0.4, 0.5) is 0 Å². The molecular formula is C4H6O7S. The number of hydrogen-bond donors (Lipinski definition) is 2. The van der Waals surface area contributed by atoms with Crippen LogP contribution in [0.5, 0.6) is 0 Å². The molecule has 0 saturated heterocycles. The minimum Gasteiger partial charge on any atom is -0.479 e. The van der Waals surface area contributed by atoms with Gasteiger partial charge in [-0.1, -0.05) is 0 Å². The second-order valence-corrected chi connectivity index (χ2v) is 3.46. The molecule has 70 valence electrons. The average Bonchev–Trinajstić information content (AvgIpc) is 1.79. The maximum Gasteiger partial charge on any atom is 0.346 e. The second kappa shape index (κ2) is 3.50. The Hall–Kier alpha value is -1.15. The number of hydrogen-bond acceptors (Lipinski definition) is 5. The fourth-order valence-electron chi connectivity index (χ4n) is 0.363. The lowest BCUT2D eigenvalue weighted by atomic mass is 10.4. The summed E-state index contributed by atoms with van der Waals surface area (Å²) in [6.07, 6.45) is -1.81. The van der Waals surface area contributed by atoms with E-state index in [1.165, 1.54) is 0 Å². The molecule has 0 aromatic rings. The predicted molar refractivity (Wildman–Crippen MR) is 35.0 cm³/mol. The van der Waals surface area contributed by atoms with Crippen LogP contribution in [0.1, 0.15) is 0 Å². The molecule has 0 saturated carbocycles. The third-order valence-electron chi connectivity index (χ3n) is 0.720. The lowest BCUT2D eigenvalue weighted by Gasteiger charge is -2.05. The molecule has 0 heterocycles. The van der Waals surface area contributed by atoms with Crippen molar-refractivity contribution in [1.29, 1.82) is 0 Å². The highest BCUT2D eigenvalue weighted by molar-refractivity contribution is 7.86. The van der Waals surface area contributed by atoms with Crippen molar-refractivity contribution in [2.45, 2.75) is 6.10 Å². The molecular weight excluding hydrogens is 192 g/mol. The minimum absolute atomic E-state index is 0.561. The first kappa shape index (κ1) is 10.8. The summed E-state index contributed by atoms with van der Waals surface area (Å²) >= 11 is 0. The van der Waals surface area contributed by atoms with Gasteiger partial charge < -0.3 is 10.2 Å². The molecule has 0 amide bonds. The Kier molecular flexibility index (Phi) is 3.16. The highest BCUT2D eigenvalue weighted by atomic mass is 32.2. The molecule has 0 rings (SSSR count). The molecule has 0 aromatic heterocycles. The van der Waals surface area contributed by atoms with Crippen molar-refractivity contribution in [3.8, 4) is 0 Å². The third-order valence-corrected chi connectivity index (χ3v) is 1.26. The molecule has 0 aliphatic heterocycles. The number of carbonyl (C=O) groups is 2. The topological polar surface area (TPSA) is 118 Å². The first-order valence-electron chi connectivity index (χ1n) is 2.58. The Balaban J connectivity index is 4.58. The summed E-state index contributed by atoms with van der Waals surface area (Å²) in [7, 11) is -4.08. The Bertz CT molecular complexity index is 275. The van der Waals surface area contributed by atoms with E-state index in [1.807, 2.05) is 0 Å². The lowest BCUT2D eigenvalue weighted by Crippen LogP contribution is -2.34. The Morgan fingerprint density at radius 2 is 1.58 bits per heavy atom. The molecule has 0 unspecified atom stereocenters. The minimum atomic E-state index is -4.08. The van der Waals surface area contributed by atoms with E-state index in [2.05, 4.69) is 4.18 Å². The molecule has 2 N–H and O–H groups in total. The van der Waals surface area contributed by atoms with E-state index in [-0.39, 0.29) is 0 Å². The monoisotopic (exact) mass is 198 g/mol. The number of carboxylic acid groups (broad SMARTS) is 2. The number of carboxylic acids is 2. The van der Waals surface area contributed by atoms with Crippen molar-refractivity contribution >= 4 is 22.1 Å². The molecule has 7 nitrogen and oxygen atoms in total. The van der Waals surface area contributed by atoms with Gasteiger partial charge in [-0.2, -0.15) is 8.42 Å². The van der Waals surface area contributed by atoms with Gasteiger partial charge in [0.25, 0.3) is 16.2 Å². The maximum absolute atomic E-state index is 10.3. The van der Waals surface area contributed by atoms with Gasteiger partial charge in [0.05, 0.1) is 6.26 Å². The molecule has 0 aliphatic rings. The van der Waals surface area contributed by atoms with Crippen LogP contribution in [0.2, 0.25) is 0 Å². The molecule has 0 radical (unpaired) electrons. The smallest absolute Gasteiger partial charge is 0.346 e. The SMILES string of the molecule is CS(=O)(=O)OC(C(=O)O)C(=O)O. The highest BCUT2D eigenvalue weighted by Gasteiger charge is 2.30. The Labute approximate surface area is 67.7 Å². The van der Waals surface area contributed by atoms with Crippen molar-refractivity contribution < 1.29 is 32.4 Å². The summed E-state index contributed by atoms with van der Waals surface area (Å²) in [5.74, 6) is -3.74. The summed E-state index contributed by atoms with van der Waals surface area (Å²) in [6.45, 7) is 0. The van der Waals surface area contributed by atoms with E-state index in [4.69, 9.17) is 10.2 Å². The quantitative estimate of drug-likeness (QED) is 0.416. The van der Waals surface area contributed by atoms with Gasteiger partial charge in [-0.25, -0.2) is 13.8 Å². The van der Waals surface area contributed by atoms with Crippen molar-refractivity contribution in [2.24, 2.45) is 0 Å². The fourth-order valence-corrected chi connectivity index (χ4v) is 0.877. The van der Waals surface area contributed by atoms with Crippen LogP contribution in [0, 0.1) is 0 Å². The van der Waals surface area contributed by atoms with Crippen LogP contribution in [0.3, 0.4) is 0 Å². The van der Waals surface area contributed by atoms with E-state index in [0.717, 1.165) is 0 Å². The largest absolute Gasteiger partial charge is 0.479 e. The van der Waals surface area contributed by atoms with Crippen molar-refractivity contribution in [3.63, 3.8) is 0 Å². The number of rotatable bonds is 4. The standard InChI is InChI=1S/C4H6O7S/c1-12(9,10)11-2(3(5)6)4(7)8/h2H,1H3,(H,5,6)(H,7,8). The molecule has 0 spiro atoms. The molecule has 8 heteroatoms. The van der Waals surface area contributed by atoms with E-state index < -0.39 is 28.2 Å². The van der Waals surface area contributed by atoms with Crippen LogP contribution in [0.15, 0.2) is 0 Å². The summed E-state index contributed by atoms with van der Waals surface area (Å²) in [5, 5.41) is 16.3. The summed E-state index contributed by atoms with van der Waals surface area (Å²) < 4.78 is 24.3. The third kappa shape index (κ3) is 3.88. The first-order valence-corrected chi connectivity index (χ1v) is 4.39. The number of aliphatic carboxylic acids is 2. The normalized spacial score (nSPS) is 11.5. The van der Waals surface area contributed by atoms with E-state index in [9.17, 15) is 18.0 Å². The Morgan fingerprint density at radius 1 is 1.25 bits per heavy atom. The van der Waals surface area contributed by atoms with Gasteiger partial charge in [0.2, 0.25) is 0 Å². The predicted octanol–water partition coefficient (Wildman–Crippen LogP) is -1.50. The average molecular weight is 198 g/mol. The second-order valence-electron chi connectivity index (χ2n) is 1.86. The maximum atomic E-state index is 10.3. The van der Waals surface area contributed by atoms with Gasteiger partial charge in [0, 0.05) is 0 Å². The molecule has 0 atom stereocenters. The van der Waals surface area contributed by atoms with Gasteiger partial charge in [-0.15, -0.1) is 0 Å². The van der Waals surface area contributed by atoms with Gasteiger partial charge >= 0.3 is 11.9 Å². The van der Waals surface area contributed by atoms with Crippen LogP contribution in [-0.2, 0) is 23.9 Å². The van der Waals surface area contributed by atoms with Gasteiger partial charge in [0.15, 0.2) is 0 Å². The Morgan fingerprint density at radius 3 is 1.67 bits per heavy atom. The summed E-state index contributed by atoms with van der Waals surface area (Å²) in [6, 6.07) is 0. The van der Waals surface area contributed by atoms with Crippen molar-refractivity contribution in [3.05, 3.63) is 0 Å². The zero-order valence-corrected chi connectivity index (χ0v) is 6.74. The van der Waals surface area contributed by atoms with E-state index in [0.29, 0.717) is 6.26 Å². The van der Waals surface area contributed by atoms with E-state index >= 15 is 0 Å². The lowest BCUT2D eigenvalue weighted by molar-refractivity contribution is -0.158. The van der Waals surface area contributed by atoms with Crippen molar-refractivity contribution in [1.82, 2.24) is 0 Å². The van der Waals surface area contributed by atoms with Crippen LogP contribution >= 0.6 is 0 Å². The summed E-state index contributed by atoms with van der Waals surface area (Å²) in [5.41, 5.74) is 0. The molecule has 0 aromatic carbocycles. The van der Waals surface area contributed by atoms with Crippen LogP contribution in [0.25, 0.3) is 0 Å². The highest BCUT2D eigenvalue weighted by Crippen LogP contribution is 1.98. The van der Waals surface area contributed by atoms with Gasteiger partial charge in [0.1, 0.15) is 0 Å². The molecule has 0 fully saturated rings. The first-order chi connectivity index (χ1) is 5.24. The molecule has 12 heavy (non-hydrogen) atoms. The van der Waals surface area contributed by atoms with E-state index in [1.54, 1.807) is 0 Å². The van der Waals surface area contributed by atoms with Gasteiger partial charge in [-0.05, 0) is 0 Å². The van der Waals surface area contributed by atoms with Crippen molar-refractivity contribution in [2.75, 3.05) is 6.26 Å². The molecule has 0 bridgehead atoms. The summed E-state index contributed by atoms with van der Waals surface area (Å²) in [4.78, 5) is 20.1. The van der Waals surface area contributed by atoms with Crippen LogP contribution < -0.4 is 0 Å². The zero-order valence-electron chi connectivity index (χ0n) is 5.92. The van der Waals surface area contributed by atoms with Crippen LogP contribution in [-0.4, -0.2) is 42.9 Å². The zero-order chi connectivity index (χ0) is 9.94. The molecule has 0 aliphatic carbocycles.